The quantitative estimate of drug-likeness (QED) is 0.658. The van der Waals surface area contributed by atoms with Gasteiger partial charge in [0.2, 0.25) is 0 Å². The Balaban J connectivity index is 1.83. The van der Waals surface area contributed by atoms with Crippen LogP contribution in [0.3, 0.4) is 0 Å². The molecule has 114 valence electrons. The molecule has 1 saturated heterocycles. The van der Waals surface area contributed by atoms with E-state index in [-0.39, 0.29) is 0 Å². The number of nitrogens with one attached hydrogen (secondary N) is 2. The maximum absolute atomic E-state index is 6.23. The molecule has 4 rings (SSSR count). The fourth-order valence-electron chi connectivity index (χ4n) is 2.94. The minimum absolute atomic E-state index is 0.584. The minimum Gasteiger partial charge on any atom is -0.383 e. The van der Waals surface area contributed by atoms with E-state index in [1.807, 2.05) is 6.20 Å². The SMILES string of the molecule is Nc1c(Br)c(CC2CCNC2)nc2c(-c3cn[nH]c3)cnn12. The van der Waals surface area contributed by atoms with Crippen LogP contribution < -0.4 is 11.1 Å². The van der Waals surface area contributed by atoms with Crippen molar-refractivity contribution in [2.75, 3.05) is 18.8 Å². The van der Waals surface area contributed by atoms with Crippen LogP contribution in [0.1, 0.15) is 12.1 Å². The summed E-state index contributed by atoms with van der Waals surface area (Å²) in [6, 6.07) is 0. The highest BCUT2D eigenvalue weighted by Gasteiger charge is 2.21. The number of anilines is 1. The molecule has 3 aromatic rings. The lowest BCUT2D eigenvalue weighted by Crippen LogP contribution is -2.13. The first-order valence-corrected chi connectivity index (χ1v) is 8.05. The fourth-order valence-corrected chi connectivity index (χ4v) is 3.36. The molecule has 1 unspecified atom stereocenters. The molecule has 3 aromatic heterocycles. The molecule has 0 saturated carbocycles. The molecule has 8 heteroatoms. The van der Waals surface area contributed by atoms with Crippen LogP contribution in [0, 0.1) is 5.92 Å². The van der Waals surface area contributed by atoms with Crippen molar-refractivity contribution in [3.63, 3.8) is 0 Å². The van der Waals surface area contributed by atoms with Gasteiger partial charge in [0.1, 0.15) is 5.82 Å². The van der Waals surface area contributed by atoms with E-state index in [4.69, 9.17) is 10.7 Å². The van der Waals surface area contributed by atoms with Gasteiger partial charge in [-0.25, -0.2) is 4.98 Å². The zero-order valence-electron chi connectivity index (χ0n) is 11.9. The number of aromatic nitrogens is 5. The minimum atomic E-state index is 0.584. The van der Waals surface area contributed by atoms with Gasteiger partial charge in [-0.3, -0.25) is 5.10 Å². The number of hydrogen-bond acceptors (Lipinski definition) is 5. The summed E-state index contributed by atoms with van der Waals surface area (Å²) in [4.78, 5) is 4.82. The van der Waals surface area contributed by atoms with Crippen LogP contribution in [-0.4, -0.2) is 37.9 Å². The van der Waals surface area contributed by atoms with E-state index in [9.17, 15) is 0 Å². The van der Waals surface area contributed by atoms with E-state index >= 15 is 0 Å². The number of rotatable bonds is 3. The molecule has 1 fully saturated rings. The zero-order valence-corrected chi connectivity index (χ0v) is 13.5. The molecule has 0 amide bonds. The predicted molar refractivity (Wildman–Crippen MR) is 87.4 cm³/mol. The van der Waals surface area contributed by atoms with E-state index < -0.39 is 0 Å². The van der Waals surface area contributed by atoms with Crippen LogP contribution in [0.4, 0.5) is 5.82 Å². The van der Waals surface area contributed by atoms with Crippen molar-refractivity contribution in [1.82, 2.24) is 30.1 Å². The first-order chi connectivity index (χ1) is 10.7. The molecule has 1 aliphatic rings. The lowest BCUT2D eigenvalue weighted by molar-refractivity contribution is 0.570. The standard InChI is InChI=1S/C14H16BrN7/c15-12-11(3-8-1-2-17-4-8)21-14-10(9-5-18-19-6-9)7-20-22(14)13(12)16/h5-8,17H,1-4,16H2,(H,18,19). The van der Waals surface area contributed by atoms with Crippen molar-refractivity contribution in [3.8, 4) is 11.1 Å². The average Bonchev–Trinajstić information content (AvgIpc) is 3.24. The summed E-state index contributed by atoms with van der Waals surface area (Å²) in [7, 11) is 0. The van der Waals surface area contributed by atoms with Crippen molar-refractivity contribution >= 4 is 27.4 Å². The van der Waals surface area contributed by atoms with Gasteiger partial charge >= 0.3 is 0 Å². The number of H-pyrrole nitrogens is 1. The first-order valence-electron chi connectivity index (χ1n) is 7.25. The second kappa shape index (κ2) is 5.36. The van der Waals surface area contributed by atoms with Gasteiger partial charge in [0.25, 0.3) is 0 Å². The average molecular weight is 362 g/mol. The molecule has 1 atom stereocenters. The molecule has 0 radical (unpaired) electrons. The van der Waals surface area contributed by atoms with Gasteiger partial charge in [0, 0.05) is 17.3 Å². The van der Waals surface area contributed by atoms with E-state index in [0.717, 1.165) is 46.5 Å². The summed E-state index contributed by atoms with van der Waals surface area (Å²) < 4.78 is 2.51. The lowest BCUT2D eigenvalue weighted by atomic mass is 10.0. The van der Waals surface area contributed by atoms with Gasteiger partial charge < -0.3 is 11.1 Å². The van der Waals surface area contributed by atoms with E-state index in [1.165, 1.54) is 6.42 Å². The van der Waals surface area contributed by atoms with E-state index in [0.29, 0.717) is 11.7 Å². The number of nitrogens with two attached hydrogens (primary N) is 1. The molecule has 0 aromatic carbocycles. The number of halogens is 1. The van der Waals surface area contributed by atoms with Gasteiger partial charge in [-0.05, 0) is 47.8 Å². The Morgan fingerprint density at radius 2 is 2.32 bits per heavy atom. The Morgan fingerprint density at radius 1 is 1.41 bits per heavy atom. The van der Waals surface area contributed by atoms with Crippen molar-refractivity contribution in [2.45, 2.75) is 12.8 Å². The molecule has 4 N–H and O–H groups in total. The predicted octanol–water partition coefficient (Wildman–Crippen LogP) is 1.62. The number of nitrogen functional groups attached to an aromatic ring is 1. The summed E-state index contributed by atoms with van der Waals surface area (Å²) in [6.45, 7) is 2.11. The van der Waals surface area contributed by atoms with Crippen LogP contribution in [-0.2, 0) is 6.42 Å². The summed E-state index contributed by atoms with van der Waals surface area (Å²) in [5.41, 5.74) is 9.88. The van der Waals surface area contributed by atoms with Gasteiger partial charge in [-0.2, -0.15) is 14.7 Å². The molecule has 22 heavy (non-hydrogen) atoms. The highest BCUT2D eigenvalue weighted by molar-refractivity contribution is 9.10. The summed E-state index contributed by atoms with van der Waals surface area (Å²) >= 11 is 3.58. The summed E-state index contributed by atoms with van der Waals surface area (Å²) in [5.74, 6) is 1.19. The van der Waals surface area contributed by atoms with Crippen LogP contribution in [0.2, 0.25) is 0 Å². The van der Waals surface area contributed by atoms with Crippen LogP contribution >= 0.6 is 15.9 Å². The van der Waals surface area contributed by atoms with Crippen molar-refractivity contribution in [1.29, 1.82) is 0 Å². The molecule has 0 spiro atoms. The molecular weight excluding hydrogens is 346 g/mol. The van der Waals surface area contributed by atoms with Crippen molar-refractivity contribution in [3.05, 3.63) is 28.8 Å². The number of fused-ring (bicyclic) bond motifs is 1. The first kappa shape index (κ1) is 13.7. The normalized spacial score (nSPS) is 18.3. The van der Waals surface area contributed by atoms with E-state index in [1.54, 1.807) is 16.9 Å². The summed E-state index contributed by atoms with van der Waals surface area (Å²) in [6.07, 6.45) is 7.45. The molecule has 1 aliphatic heterocycles. The fraction of sp³-hybridized carbons (Fsp3) is 0.357. The number of nitrogens with zero attached hydrogens (tertiary/aromatic N) is 4. The molecule has 4 heterocycles. The summed E-state index contributed by atoms with van der Waals surface area (Å²) in [5, 5.41) is 14.6. The third kappa shape index (κ3) is 2.19. The zero-order chi connectivity index (χ0) is 15.1. The monoisotopic (exact) mass is 361 g/mol. The van der Waals surface area contributed by atoms with Gasteiger partial charge in [-0.15, -0.1) is 0 Å². The van der Waals surface area contributed by atoms with Crippen molar-refractivity contribution in [2.24, 2.45) is 5.92 Å². The topological polar surface area (TPSA) is 96.9 Å². The van der Waals surface area contributed by atoms with Gasteiger partial charge in [0.15, 0.2) is 5.65 Å². The van der Waals surface area contributed by atoms with Crippen LogP contribution in [0.15, 0.2) is 23.1 Å². The lowest BCUT2D eigenvalue weighted by Gasteiger charge is -2.12. The Bertz CT molecular complexity index is 802. The molecule has 0 aliphatic carbocycles. The Hall–Kier alpha value is -1.93. The number of hydrogen-bond donors (Lipinski definition) is 3. The Labute approximate surface area is 135 Å². The Kier molecular flexibility index (Phi) is 3.34. The highest BCUT2D eigenvalue weighted by atomic mass is 79.9. The van der Waals surface area contributed by atoms with Crippen LogP contribution in [0.25, 0.3) is 16.8 Å². The maximum atomic E-state index is 6.23. The molecule has 7 nitrogen and oxygen atoms in total. The number of aromatic amines is 1. The Morgan fingerprint density at radius 3 is 3.05 bits per heavy atom. The smallest absolute Gasteiger partial charge is 0.165 e. The van der Waals surface area contributed by atoms with Crippen molar-refractivity contribution < 1.29 is 0 Å². The van der Waals surface area contributed by atoms with Crippen LogP contribution in [0.5, 0.6) is 0 Å². The molecule has 0 bridgehead atoms. The largest absolute Gasteiger partial charge is 0.383 e. The molecular formula is C14H16BrN7. The third-order valence-corrected chi connectivity index (χ3v) is 5.01. The third-order valence-electron chi connectivity index (χ3n) is 4.14. The maximum Gasteiger partial charge on any atom is 0.165 e. The van der Waals surface area contributed by atoms with Gasteiger partial charge in [-0.1, -0.05) is 0 Å². The highest BCUT2D eigenvalue weighted by Crippen LogP contribution is 2.31. The second-order valence-electron chi connectivity index (χ2n) is 5.60. The van der Waals surface area contributed by atoms with Gasteiger partial charge in [0.05, 0.1) is 22.6 Å². The second-order valence-corrected chi connectivity index (χ2v) is 6.39. The van der Waals surface area contributed by atoms with E-state index in [2.05, 4.69) is 36.5 Å².